The lowest BCUT2D eigenvalue weighted by atomic mass is 9.93. The first kappa shape index (κ1) is 22.4. The van der Waals surface area contributed by atoms with Gasteiger partial charge in [0.2, 0.25) is 0 Å². The Morgan fingerprint density at radius 1 is 1.03 bits per heavy atom. The number of benzene rings is 3. The van der Waals surface area contributed by atoms with Gasteiger partial charge in [-0.3, -0.25) is 4.79 Å². The van der Waals surface area contributed by atoms with E-state index < -0.39 is 5.41 Å². The molecule has 0 radical (unpaired) electrons. The molecular formula is C28H25BrN2O3. The van der Waals surface area contributed by atoms with Gasteiger partial charge in [-0.15, -0.1) is 0 Å². The Labute approximate surface area is 207 Å². The molecule has 0 saturated heterocycles. The van der Waals surface area contributed by atoms with E-state index in [1.165, 1.54) is 0 Å². The molecule has 0 amide bonds. The Kier molecular flexibility index (Phi) is 6.00. The fourth-order valence-electron chi connectivity index (χ4n) is 4.23. The molecule has 5 rings (SSSR count). The fourth-order valence-corrected chi connectivity index (χ4v) is 4.62. The smallest absolute Gasteiger partial charge is 0.316 e. The number of carbonyl (C=O) groups excluding carboxylic acids is 1. The molecule has 1 aliphatic carbocycles. The number of aryl methyl sites for hydroxylation is 1. The van der Waals surface area contributed by atoms with Gasteiger partial charge in [-0.25, -0.2) is 0 Å². The van der Waals surface area contributed by atoms with E-state index in [4.69, 9.17) is 9.26 Å². The van der Waals surface area contributed by atoms with Gasteiger partial charge in [0.1, 0.15) is 11.4 Å². The van der Waals surface area contributed by atoms with Crippen molar-refractivity contribution in [3.8, 4) is 22.5 Å². The predicted molar refractivity (Wildman–Crippen MR) is 137 cm³/mol. The molecule has 1 heterocycles. The van der Waals surface area contributed by atoms with E-state index in [9.17, 15) is 4.79 Å². The second-order valence-corrected chi connectivity index (χ2v) is 9.48. The van der Waals surface area contributed by atoms with Crippen LogP contribution < -0.4 is 5.32 Å². The van der Waals surface area contributed by atoms with Crippen LogP contribution in [0.25, 0.3) is 22.5 Å². The van der Waals surface area contributed by atoms with Crippen molar-refractivity contribution in [2.75, 3.05) is 11.9 Å². The molecule has 34 heavy (non-hydrogen) atoms. The van der Waals surface area contributed by atoms with E-state index in [2.05, 4.69) is 50.7 Å². The van der Waals surface area contributed by atoms with Crippen LogP contribution in [0.2, 0.25) is 0 Å². The molecule has 0 spiro atoms. The number of ether oxygens (including phenoxy) is 1. The number of rotatable bonds is 7. The molecule has 4 aromatic rings. The molecule has 0 unspecified atom stereocenters. The molecule has 0 bridgehead atoms. The van der Waals surface area contributed by atoms with E-state index in [1.54, 1.807) is 0 Å². The van der Waals surface area contributed by atoms with E-state index in [1.807, 2.05) is 62.4 Å². The van der Waals surface area contributed by atoms with Gasteiger partial charge in [-0.2, -0.15) is 0 Å². The molecule has 0 aliphatic heterocycles. The van der Waals surface area contributed by atoms with Crippen molar-refractivity contribution in [1.29, 1.82) is 0 Å². The van der Waals surface area contributed by atoms with Gasteiger partial charge < -0.3 is 14.6 Å². The number of hydrogen-bond acceptors (Lipinski definition) is 5. The van der Waals surface area contributed by atoms with E-state index in [0.29, 0.717) is 12.4 Å². The van der Waals surface area contributed by atoms with Crippen LogP contribution in [-0.4, -0.2) is 17.7 Å². The first-order chi connectivity index (χ1) is 16.5. The lowest BCUT2D eigenvalue weighted by Crippen LogP contribution is -2.23. The minimum atomic E-state index is -0.444. The van der Waals surface area contributed by atoms with Crippen molar-refractivity contribution >= 4 is 33.3 Å². The number of halogens is 1. The third-order valence-corrected chi connectivity index (χ3v) is 6.78. The van der Waals surface area contributed by atoms with E-state index in [0.717, 1.165) is 56.6 Å². The summed E-state index contributed by atoms with van der Waals surface area (Å²) in [6.45, 7) is 4.18. The van der Waals surface area contributed by atoms with Gasteiger partial charge in [0.15, 0.2) is 5.76 Å². The predicted octanol–water partition coefficient (Wildman–Crippen LogP) is 7.42. The monoisotopic (exact) mass is 516 g/mol. The zero-order valence-corrected chi connectivity index (χ0v) is 20.7. The van der Waals surface area contributed by atoms with Gasteiger partial charge >= 0.3 is 5.97 Å². The van der Waals surface area contributed by atoms with Crippen molar-refractivity contribution in [3.05, 3.63) is 88.5 Å². The summed E-state index contributed by atoms with van der Waals surface area (Å²) in [5, 5.41) is 7.60. The quantitative estimate of drug-likeness (QED) is 0.259. The van der Waals surface area contributed by atoms with E-state index in [-0.39, 0.29) is 5.97 Å². The number of esters is 1. The maximum atomic E-state index is 12.4. The maximum Gasteiger partial charge on any atom is 0.316 e. The van der Waals surface area contributed by atoms with Gasteiger partial charge in [0, 0.05) is 15.7 Å². The zero-order valence-electron chi connectivity index (χ0n) is 19.1. The summed E-state index contributed by atoms with van der Waals surface area (Å²) in [4.78, 5) is 12.4. The van der Waals surface area contributed by atoms with Crippen molar-refractivity contribution in [1.82, 2.24) is 5.16 Å². The molecule has 1 aromatic heterocycles. The molecule has 172 valence electrons. The molecule has 3 aromatic carbocycles. The van der Waals surface area contributed by atoms with Gasteiger partial charge in [-0.1, -0.05) is 75.7 Å². The third kappa shape index (κ3) is 4.26. The summed E-state index contributed by atoms with van der Waals surface area (Å²) in [6.07, 6.45) is 1.71. The first-order valence-electron chi connectivity index (χ1n) is 11.4. The standard InChI is InChI=1S/C28H25BrN2O3/c1-3-33-27(32)28(15-16-28)22-13-11-20(12-14-22)19-7-9-21(10-8-19)26-25(18(2)31-34-26)30-24-6-4-5-23(29)17-24/h4-14,17,30H,3,15-16H2,1-2H3. The Hall–Kier alpha value is -3.38. The highest BCUT2D eigenvalue weighted by atomic mass is 79.9. The number of nitrogens with one attached hydrogen (secondary N) is 1. The molecular weight excluding hydrogens is 492 g/mol. The highest BCUT2D eigenvalue weighted by molar-refractivity contribution is 9.10. The summed E-state index contributed by atoms with van der Waals surface area (Å²) < 4.78 is 12.0. The fraction of sp³-hybridized carbons (Fsp3) is 0.214. The van der Waals surface area contributed by atoms with Crippen LogP contribution in [0, 0.1) is 6.92 Å². The van der Waals surface area contributed by atoms with Crippen LogP contribution >= 0.6 is 15.9 Å². The molecule has 5 nitrogen and oxygen atoms in total. The van der Waals surface area contributed by atoms with Gasteiger partial charge in [0.05, 0.1) is 12.0 Å². The van der Waals surface area contributed by atoms with Crippen LogP contribution in [0.5, 0.6) is 0 Å². The number of carbonyl (C=O) groups is 1. The lowest BCUT2D eigenvalue weighted by molar-refractivity contribution is -0.146. The summed E-state index contributed by atoms with van der Waals surface area (Å²) in [5.41, 5.74) is 6.32. The van der Waals surface area contributed by atoms with Crippen LogP contribution in [-0.2, 0) is 14.9 Å². The molecule has 1 fully saturated rings. The second kappa shape index (κ2) is 9.11. The van der Waals surface area contributed by atoms with Crippen LogP contribution in [0.4, 0.5) is 11.4 Å². The number of nitrogens with zero attached hydrogens (tertiary/aromatic N) is 1. The maximum absolute atomic E-state index is 12.4. The van der Waals surface area contributed by atoms with Gasteiger partial charge in [-0.05, 0) is 61.6 Å². The molecule has 1 saturated carbocycles. The highest BCUT2D eigenvalue weighted by Crippen LogP contribution is 2.49. The first-order valence-corrected chi connectivity index (χ1v) is 12.2. The van der Waals surface area contributed by atoms with Crippen molar-refractivity contribution < 1.29 is 14.1 Å². The summed E-state index contributed by atoms with van der Waals surface area (Å²) in [5.74, 6) is 0.589. The van der Waals surface area contributed by atoms with Crippen LogP contribution in [0.15, 0.2) is 81.8 Å². The van der Waals surface area contributed by atoms with Crippen molar-refractivity contribution in [2.45, 2.75) is 32.1 Å². The highest BCUT2D eigenvalue weighted by Gasteiger charge is 2.52. The summed E-state index contributed by atoms with van der Waals surface area (Å²) in [7, 11) is 0. The molecule has 1 N–H and O–H groups in total. The average Bonchev–Trinajstić information content (AvgIpc) is 3.59. The summed E-state index contributed by atoms with van der Waals surface area (Å²) in [6, 6.07) is 24.4. The molecule has 0 atom stereocenters. The SMILES string of the molecule is CCOC(=O)C1(c2ccc(-c3ccc(-c4onc(C)c4Nc4cccc(Br)c4)cc3)cc2)CC1. The normalized spacial score (nSPS) is 14.0. The number of anilines is 2. The molecule has 1 aliphatic rings. The minimum absolute atomic E-state index is 0.110. The minimum Gasteiger partial charge on any atom is -0.465 e. The molecule has 6 heteroatoms. The Morgan fingerprint density at radius 3 is 2.29 bits per heavy atom. The Balaban J connectivity index is 1.36. The van der Waals surface area contributed by atoms with Gasteiger partial charge in [0.25, 0.3) is 0 Å². The van der Waals surface area contributed by atoms with E-state index >= 15 is 0 Å². The lowest BCUT2D eigenvalue weighted by Gasteiger charge is -2.14. The van der Waals surface area contributed by atoms with Crippen LogP contribution in [0.3, 0.4) is 0 Å². The Morgan fingerprint density at radius 2 is 1.68 bits per heavy atom. The third-order valence-electron chi connectivity index (χ3n) is 6.29. The van der Waals surface area contributed by atoms with Crippen molar-refractivity contribution in [2.24, 2.45) is 0 Å². The average molecular weight is 517 g/mol. The Bertz CT molecular complexity index is 1320. The number of aromatic nitrogens is 1. The topological polar surface area (TPSA) is 64.4 Å². The zero-order chi connectivity index (χ0) is 23.7. The second-order valence-electron chi connectivity index (χ2n) is 8.56. The van der Waals surface area contributed by atoms with Crippen LogP contribution in [0.1, 0.15) is 31.0 Å². The van der Waals surface area contributed by atoms with Crippen molar-refractivity contribution in [3.63, 3.8) is 0 Å². The largest absolute Gasteiger partial charge is 0.465 e. The number of hydrogen-bond donors (Lipinski definition) is 1. The summed E-state index contributed by atoms with van der Waals surface area (Å²) >= 11 is 3.51.